The second-order valence-electron chi connectivity index (χ2n) is 3.23. The Hall–Kier alpha value is -0.270. The topological polar surface area (TPSA) is 69.7 Å². The van der Waals surface area contributed by atoms with Crippen molar-refractivity contribution < 1.29 is 22.7 Å². The minimum atomic E-state index is -3.08. The molecule has 5 nitrogen and oxygen atoms in total. The molecule has 0 spiro atoms. The SMILES string of the molecule is CCOC(=O)[C@@H]1C[C@@H](SS(C)(=O)=O)CO1. The Labute approximate surface area is 92.8 Å². The number of esters is 1. The van der Waals surface area contributed by atoms with E-state index < -0.39 is 20.9 Å². The molecule has 0 bridgehead atoms. The lowest BCUT2D eigenvalue weighted by atomic mass is 10.2. The van der Waals surface area contributed by atoms with Crippen molar-refractivity contribution in [2.24, 2.45) is 0 Å². The third-order valence-electron chi connectivity index (χ3n) is 1.82. The molecule has 1 fully saturated rings. The third kappa shape index (κ3) is 4.40. The van der Waals surface area contributed by atoms with E-state index >= 15 is 0 Å². The first-order valence-electron chi connectivity index (χ1n) is 4.59. The Kier molecular flexibility index (Phi) is 4.42. The Morgan fingerprint density at radius 3 is 2.80 bits per heavy atom. The van der Waals surface area contributed by atoms with Gasteiger partial charge in [0.15, 0.2) is 15.0 Å². The zero-order chi connectivity index (χ0) is 11.5. The van der Waals surface area contributed by atoms with Gasteiger partial charge in [-0.2, -0.15) is 0 Å². The van der Waals surface area contributed by atoms with Gasteiger partial charge < -0.3 is 9.47 Å². The van der Waals surface area contributed by atoms with E-state index in [0.717, 1.165) is 17.0 Å². The second-order valence-corrected chi connectivity index (χ2v) is 7.89. The molecule has 0 aliphatic carbocycles. The largest absolute Gasteiger partial charge is 0.464 e. The molecule has 0 amide bonds. The van der Waals surface area contributed by atoms with Crippen molar-refractivity contribution in [1.29, 1.82) is 0 Å². The van der Waals surface area contributed by atoms with Crippen molar-refractivity contribution in [2.75, 3.05) is 19.5 Å². The fraction of sp³-hybridized carbons (Fsp3) is 0.875. The quantitative estimate of drug-likeness (QED) is 0.534. The summed E-state index contributed by atoms with van der Waals surface area (Å²) in [7, 11) is -2.24. The molecule has 15 heavy (non-hydrogen) atoms. The van der Waals surface area contributed by atoms with Gasteiger partial charge in [-0.25, -0.2) is 13.2 Å². The van der Waals surface area contributed by atoms with Crippen LogP contribution >= 0.6 is 10.8 Å². The summed E-state index contributed by atoms with van der Waals surface area (Å²) in [5.74, 6) is -0.408. The smallest absolute Gasteiger partial charge is 0.335 e. The third-order valence-corrected chi connectivity index (χ3v) is 4.64. The van der Waals surface area contributed by atoms with Crippen molar-refractivity contribution >= 4 is 25.6 Å². The summed E-state index contributed by atoms with van der Waals surface area (Å²) in [4.78, 5) is 11.3. The maximum Gasteiger partial charge on any atom is 0.335 e. The van der Waals surface area contributed by atoms with Crippen LogP contribution in [-0.4, -0.2) is 45.2 Å². The van der Waals surface area contributed by atoms with Crippen LogP contribution in [0.4, 0.5) is 0 Å². The number of ether oxygens (including phenoxy) is 2. The normalized spacial score (nSPS) is 26.5. The van der Waals surface area contributed by atoms with Gasteiger partial charge in [0.2, 0.25) is 0 Å². The summed E-state index contributed by atoms with van der Waals surface area (Å²) in [6, 6.07) is 0. The molecule has 1 aliphatic rings. The molecule has 0 aromatic carbocycles. The summed E-state index contributed by atoms with van der Waals surface area (Å²) in [5.41, 5.74) is 0. The van der Waals surface area contributed by atoms with E-state index in [9.17, 15) is 13.2 Å². The number of carbonyl (C=O) groups excluding carboxylic acids is 1. The summed E-state index contributed by atoms with van der Waals surface area (Å²) in [6.07, 6.45) is 0.940. The summed E-state index contributed by atoms with van der Waals surface area (Å²) in [5, 5.41) is -0.172. The molecule has 0 radical (unpaired) electrons. The van der Waals surface area contributed by atoms with Crippen molar-refractivity contribution in [3.63, 3.8) is 0 Å². The van der Waals surface area contributed by atoms with E-state index in [0.29, 0.717) is 13.0 Å². The Balaban J connectivity index is 2.42. The minimum absolute atomic E-state index is 0.172. The van der Waals surface area contributed by atoms with Gasteiger partial charge >= 0.3 is 5.97 Å². The number of carbonyl (C=O) groups is 1. The summed E-state index contributed by atoms with van der Waals surface area (Å²) >= 11 is 0. The van der Waals surface area contributed by atoms with Crippen molar-refractivity contribution in [3.8, 4) is 0 Å². The van der Waals surface area contributed by atoms with Crippen LogP contribution < -0.4 is 0 Å². The van der Waals surface area contributed by atoms with E-state index in [1.54, 1.807) is 6.92 Å². The molecule has 88 valence electrons. The van der Waals surface area contributed by atoms with Crippen LogP contribution in [0.15, 0.2) is 0 Å². The maximum atomic E-state index is 11.3. The number of hydrogen-bond acceptors (Lipinski definition) is 6. The second kappa shape index (κ2) is 5.18. The first-order valence-corrected chi connectivity index (χ1v) is 7.87. The Morgan fingerprint density at radius 1 is 1.60 bits per heavy atom. The molecule has 0 N–H and O–H groups in total. The van der Waals surface area contributed by atoms with Gasteiger partial charge in [-0.05, 0) is 24.1 Å². The Morgan fingerprint density at radius 2 is 2.27 bits per heavy atom. The van der Waals surface area contributed by atoms with Crippen LogP contribution in [0.3, 0.4) is 0 Å². The zero-order valence-electron chi connectivity index (χ0n) is 8.63. The molecule has 1 heterocycles. The highest BCUT2D eigenvalue weighted by Crippen LogP contribution is 2.28. The molecule has 1 rings (SSSR count). The van der Waals surface area contributed by atoms with Crippen LogP contribution in [-0.2, 0) is 23.1 Å². The van der Waals surface area contributed by atoms with E-state index in [2.05, 4.69) is 0 Å². The van der Waals surface area contributed by atoms with Crippen molar-refractivity contribution in [1.82, 2.24) is 0 Å². The molecular formula is C8H14O5S2. The van der Waals surface area contributed by atoms with Crippen LogP contribution in [0.5, 0.6) is 0 Å². The number of rotatable bonds is 4. The fourth-order valence-electron chi connectivity index (χ4n) is 1.31. The first kappa shape index (κ1) is 12.8. The highest BCUT2D eigenvalue weighted by molar-refractivity contribution is 8.72. The van der Waals surface area contributed by atoms with Gasteiger partial charge in [0.1, 0.15) is 0 Å². The zero-order valence-corrected chi connectivity index (χ0v) is 10.3. The highest BCUT2D eigenvalue weighted by Gasteiger charge is 2.34. The predicted octanol–water partition coefficient (Wildman–Crippen LogP) is 0.400. The van der Waals surface area contributed by atoms with Crippen molar-refractivity contribution in [3.05, 3.63) is 0 Å². The van der Waals surface area contributed by atoms with Crippen LogP contribution in [0.2, 0.25) is 0 Å². The molecular weight excluding hydrogens is 240 g/mol. The molecule has 1 saturated heterocycles. The first-order chi connectivity index (χ1) is 6.92. The van der Waals surface area contributed by atoms with Crippen LogP contribution in [0.25, 0.3) is 0 Å². The molecule has 2 atom stereocenters. The molecule has 0 saturated carbocycles. The van der Waals surface area contributed by atoms with Gasteiger partial charge in [0.25, 0.3) is 0 Å². The van der Waals surface area contributed by atoms with Gasteiger partial charge in [0.05, 0.1) is 13.2 Å². The molecule has 0 unspecified atom stereocenters. The van der Waals surface area contributed by atoms with E-state index in [-0.39, 0.29) is 11.9 Å². The van der Waals surface area contributed by atoms with Crippen LogP contribution in [0, 0.1) is 0 Å². The van der Waals surface area contributed by atoms with Gasteiger partial charge in [-0.1, -0.05) is 0 Å². The lowest BCUT2D eigenvalue weighted by molar-refractivity contribution is -0.153. The minimum Gasteiger partial charge on any atom is -0.464 e. The van der Waals surface area contributed by atoms with Crippen LogP contribution in [0.1, 0.15) is 13.3 Å². The molecule has 1 aliphatic heterocycles. The van der Waals surface area contributed by atoms with Crippen molar-refractivity contribution in [2.45, 2.75) is 24.7 Å². The highest BCUT2D eigenvalue weighted by atomic mass is 33.1. The molecule has 0 aromatic heterocycles. The standard InChI is InChI=1S/C8H14O5S2/c1-3-12-8(9)7-4-6(5-13-7)14-15(2,10)11/h6-7H,3-5H2,1-2H3/t6-,7+/m1/s1. The van der Waals surface area contributed by atoms with E-state index in [1.165, 1.54) is 0 Å². The number of hydrogen-bond donors (Lipinski definition) is 0. The molecule has 0 aromatic rings. The average molecular weight is 254 g/mol. The fourth-order valence-corrected chi connectivity index (χ4v) is 4.08. The Bertz CT molecular complexity index is 324. The monoisotopic (exact) mass is 254 g/mol. The maximum absolute atomic E-state index is 11.3. The van der Waals surface area contributed by atoms with Gasteiger partial charge in [-0.3, -0.25) is 0 Å². The lowest BCUT2D eigenvalue weighted by Crippen LogP contribution is -2.22. The summed E-state index contributed by atoms with van der Waals surface area (Å²) < 4.78 is 31.9. The average Bonchev–Trinajstić information content (AvgIpc) is 2.50. The van der Waals surface area contributed by atoms with E-state index in [1.807, 2.05) is 0 Å². The molecule has 7 heteroatoms. The lowest BCUT2D eigenvalue weighted by Gasteiger charge is -2.07. The van der Waals surface area contributed by atoms with E-state index in [4.69, 9.17) is 9.47 Å². The van der Waals surface area contributed by atoms with Gasteiger partial charge in [-0.15, -0.1) is 0 Å². The predicted molar refractivity (Wildman–Crippen MR) is 57.2 cm³/mol. The van der Waals surface area contributed by atoms with Gasteiger partial charge in [0, 0.05) is 11.5 Å². The summed E-state index contributed by atoms with van der Waals surface area (Å²) in [6.45, 7) is 2.30.